The number of hydrogen-bond donors (Lipinski definition) is 6. The number of nitrogens with one attached hydrogen (secondary N) is 2. The summed E-state index contributed by atoms with van der Waals surface area (Å²) < 4.78 is 0. The van der Waals surface area contributed by atoms with Crippen molar-refractivity contribution in [1.29, 1.82) is 0 Å². The van der Waals surface area contributed by atoms with Crippen LogP contribution in [-0.2, 0) is 20.8 Å². The minimum Gasteiger partial charge on any atom is -0.480 e. The Bertz CT molecular complexity index is 481. The zero-order chi connectivity index (χ0) is 17.0. The zero-order valence-corrected chi connectivity index (χ0v) is 11.9. The number of rotatable bonds is 7. The van der Waals surface area contributed by atoms with Crippen molar-refractivity contribution in [2.45, 2.75) is 25.3 Å². The second-order valence-electron chi connectivity index (χ2n) is 4.25. The summed E-state index contributed by atoms with van der Waals surface area (Å²) in [6.07, 6.45) is 0.297. The lowest BCUT2D eigenvalue weighted by Crippen LogP contribution is -2.42. The van der Waals surface area contributed by atoms with Gasteiger partial charge in [-0.25, -0.2) is 10.9 Å². The number of aliphatic carboxylic acids is 1. The van der Waals surface area contributed by atoms with E-state index in [1.807, 2.05) is 30.3 Å². The van der Waals surface area contributed by atoms with Gasteiger partial charge in [-0.15, -0.1) is 0 Å². The Labute approximate surface area is 127 Å². The molecule has 0 bridgehead atoms. The summed E-state index contributed by atoms with van der Waals surface area (Å²) in [4.78, 5) is 30.7. The van der Waals surface area contributed by atoms with Crippen LogP contribution < -0.4 is 22.5 Å². The fourth-order valence-electron chi connectivity index (χ4n) is 1.36. The van der Waals surface area contributed by atoms with Crippen LogP contribution in [0.25, 0.3) is 0 Å². The predicted octanol–water partition coefficient (Wildman–Crippen LogP) is -1.10. The molecule has 9 heteroatoms. The number of amides is 2. The molecule has 0 heterocycles. The van der Waals surface area contributed by atoms with Crippen molar-refractivity contribution in [2.75, 3.05) is 0 Å². The first kappa shape index (κ1) is 19.5. The molecule has 0 saturated heterocycles. The number of hydrazine groups is 1. The average molecular weight is 312 g/mol. The van der Waals surface area contributed by atoms with Crippen LogP contribution >= 0.6 is 0 Å². The molecule has 1 atom stereocenters. The van der Waals surface area contributed by atoms with Crippen LogP contribution in [0.2, 0.25) is 0 Å². The Balaban J connectivity index is 0.000000433. The molecule has 0 fully saturated rings. The number of nitrogens with two attached hydrogens (primary N) is 2. The van der Waals surface area contributed by atoms with Crippen molar-refractivity contribution < 1.29 is 24.7 Å². The molecular formula is C13H20N4O5. The van der Waals surface area contributed by atoms with Gasteiger partial charge < -0.3 is 10.8 Å². The van der Waals surface area contributed by atoms with Crippen molar-refractivity contribution in [1.82, 2.24) is 10.9 Å². The summed E-state index contributed by atoms with van der Waals surface area (Å²) in [5, 5.41) is 16.6. The van der Waals surface area contributed by atoms with Crippen LogP contribution in [0.4, 0.5) is 0 Å². The number of carboxylic acids is 1. The Hall–Kier alpha value is -2.49. The highest BCUT2D eigenvalue weighted by Gasteiger charge is 2.14. The summed E-state index contributed by atoms with van der Waals surface area (Å²) in [6.45, 7) is 0. The third kappa shape index (κ3) is 9.42. The Morgan fingerprint density at radius 1 is 1.14 bits per heavy atom. The van der Waals surface area contributed by atoms with Crippen LogP contribution in [0, 0.1) is 0 Å². The minimum absolute atomic E-state index is 0.0353. The van der Waals surface area contributed by atoms with E-state index in [4.69, 9.17) is 21.9 Å². The van der Waals surface area contributed by atoms with E-state index >= 15 is 0 Å². The second kappa shape index (κ2) is 11.2. The Kier molecular flexibility index (Phi) is 9.93. The maximum Gasteiger partial charge on any atom is 0.322 e. The summed E-state index contributed by atoms with van der Waals surface area (Å²) in [7, 11) is 0. The lowest BCUT2D eigenvalue weighted by molar-refractivity contribution is -0.139. The molecule has 22 heavy (non-hydrogen) atoms. The molecule has 0 aromatic heterocycles. The lowest BCUT2D eigenvalue weighted by atomic mass is 10.1. The molecule has 8 N–H and O–H groups in total. The van der Waals surface area contributed by atoms with E-state index in [2.05, 4.69) is 5.43 Å². The van der Waals surface area contributed by atoms with E-state index < -0.39 is 23.8 Å². The van der Waals surface area contributed by atoms with Gasteiger partial charge in [0.1, 0.15) is 6.04 Å². The van der Waals surface area contributed by atoms with Crippen LogP contribution in [0.15, 0.2) is 30.3 Å². The number of carbonyl (C=O) groups excluding carboxylic acids is 2. The van der Waals surface area contributed by atoms with Crippen LogP contribution in [-0.4, -0.2) is 34.1 Å². The number of hydrogen-bond acceptors (Lipinski definition) is 6. The van der Waals surface area contributed by atoms with E-state index in [0.29, 0.717) is 6.42 Å². The molecule has 1 rings (SSSR count). The molecule has 0 aliphatic rings. The monoisotopic (exact) mass is 312 g/mol. The number of benzene rings is 1. The predicted molar refractivity (Wildman–Crippen MR) is 77.3 cm³/mol. The van der Waals surface area contributed by atoms with Gasteiger partial charge >= 0.3 is 5.97 Å². The van der Waals surface area contributed by atoms with Gasteiger partial charge in [-0.3, -0.25) is 25.4 Å². The number of primary amides is 1. The topological polar surface area (TPSA) is 168 Å². The smallest absolute Gasteiger partial charge is 0.322 e. The van der Waals surface area contributed by atoms with E-state index in [-0.39, 0.29) is 12.8 Å². The van der Waals surface area contributed by atoms with Crippen molar-refractivity contribution in [3.05, 3.63) is 35.9 Å². The van der Waals surface area contributed by atoms with Gasteiger partial charge in [0.2, 0.25) is 11.8 Å². The Morgan fingerprint density at radius 2 is 1.73 bits per heavy atom. The highest BCUT2D eigenvalue weighted by molar-refractivity contribution is 5.82. The number of hydroxylamine groups is 1. The van der Waals surface area contributed by atoms with Gasteiger partial charge in [-0.1, -0.05) is 30.3 Å². The van der Waals surface area contributed by atoms with E-state index in [9.17, 15) is 14.4 Å². The van der Waals surface area contributed by atoms with Gasteiger partial charge in [0.05, 0.1) is 0 Å². The van der Waals surface area contributed by atoms with Crippen LogP contribution in [0.5, 0.6) is 0 Å². The quantitative estimate of drug-likeness (QED) is 0.211. The molecule has 2 amide bonds. The molecule has 0 spiro atoms. The van der Waals surface area contributed by atoms with Gasteiger partial charge in [-0.05, 0) is 12.0 Å². The average Bonchev–Trinajstić information content (AvgIpc) is 2.51. The third-order valence-corrected chi connectivity index (χ3v) is 2.51. The molecule has 0 saturated carbocycles. The van der Waals surface area contributed by atoms with Gasteiger partial charge in [0, 0.05) is 12.8 Å². The second-order valence-corrected chi connectivity index (χ2v) is 4.25. The summed E-state index contributed by atoms with van der Waals surface area (Å²) >= 11 is 0. The van der Waals surface area contributed by atoms with E-state index in [1.165, 1.54) is 5.48 Å². The maximum atomic E-state index is 10.6. The third-order valence-electron chi connectivity index (χ3n) is 2.51. The van der Waals surface area contributed by atoms with Gasteiger partial charge in [0.25, 0.3) is 0 Å². The van der Waals surface area contributed by atoms with E-state index in [1.54, 1.807) is 0 Å². The molecule has 0 aliphatic heterocycles. The van der Waals surface area contributed by atoms with Crippen molar-refractivity contribution in [2.24, 2.45) is 11.6 Å². The molecule has 1 aromatic rings. The van der Waals surface area contributed by atoms with Crippen molar-refractivity contribution in [3.63, 3.8) is 0 Å². The molecule has 0 unspecified atom stereocenters. The van der Waals surface area contributed by atoms with Crippen molar-refractivity contribution >= 4 is 17.8 Å². The molecule has 1 aromatic carbocycles. The normalized spacial score (nSPS) is 10.8. The van der Waals surface area contributed by atoms with Crippen LogP contribution in [0.1, 0.15) is 18.4 Å². The van der Waals surface area contributed by atoms with Crippen molar-refractivity contribution in [3.8, 4) is 0 Å². The summed E-state index contributed by atoms with van der Waals surface area (Å²) in [5.41, 5.74) is 9.27. The Morgan fingerprint density at radius 3 is 2.14 bits per heavy atom. The van der Waals surface area contributed by atoms with Gasteiger partial charge in [-0.2, -0.15) is 0 Å². The van der Waals surface area contributed by atoms with E-state index in [0.717, 1.165) is 5.56 Å². The molecule has 0 radical (unpaired) electrons. The standard InChI is InChI=1S/C9H12N2O2.C4H8N2O3/c10-11-8(9(12)13)6-7-4-2-1-3-5-7;5-3(7)1-2-4(8)6-9/h1-5,8,11H,6,10H2,(H,12,13);9H,1-2H2,(H2,5,7)(H,6,8)/t8-;/m0./s1. The fraction of sp³-hybridized carbons (Fsp3) is 0.308. The maximum absolute atomic E-state index is 10.6. The number of carbonyl (C=O) groups is 3. The molecular weight excluding hydrogens is 292 g/mol. The highest BCUT2D eigenvalue weighted by Crippen LogP contribution is 2.02. The SMILES string of the molecule is NC(=O)CCC(=O)NO.NN[C@@H](Cc1ccccc1)C(=O)O. The summed E-state index contributed by atoms with van der Waals surface area (Å²) in [5.74, 6) is 2.99. The number of carboxylic acid groups (broad SMARTS) is 1. The largest absolute Gasteiger partial charge is 0.480 e. The first-order chi connectivity index (χ1) is 10.4. The minimum atomic E-state index is -0.939. The first-order valence-electron chi connectivity index (χ1n) is 6.34. The van der Waals surface area contributed by atoms with Crippen LogP contribution in [0.3, 0.4) is 0 Å². The fourth-order valence-corrected chi connectivity index (χ4v) is 1.36. The highest BCUT2D eigenvalue weighted by atomic mass is 16.5. The summed E-state index contributed by atoms with van der Waals surface area (Å²) in [6, 6.07) is 8.63. The zero-order valence-electron chi connectivity index (χ0n) is 11.9. The molecule has 122 valence electrons. The molecule has 0 aliphatic carbocycles. The molecule has 9 nitrogen and oxygen atoms in total. The first-order valence-corrected chi connectivity index (χ1v) is 6.34. The lowest BCUT2D eigenvalue weighted by Gasteiger charge is -2.09. The van der Waals surface area contributed by atoms with Gasteiger partial charge in [0.15, 0.2) is 0 Å².